The smallest absolute Gasteiger partial charge is 0.317 e. The van der Waals surface area contributed by atoms with Crippen LogP contribution in [0.3, 0.4) is 0 Å². The number of piperidine rings is 1. The molecule has 1 aliphatic heterocycles. The number of hydrogen-bond donors (Lipinski definition) is 1. The van der Waals surface area contributed by atoms with Crippen LogP contribution in [0.25, 0.3) is 0 Å². The Kier molecular flexibility index (Phi) is 6.46. The number of urea groups is 1. The normalized spacial score (nSPS) is 17.1. The second-order valence-corrected chi connectivity index (χ2v) is 6.74. The Hall–Kier alpha value is -1.55. The van der Waals surface area contributed by atoms with Crippen LogP contribution in [0, 0.1) is 19.8 Å². The average Bonchev–Trinajstić information content (AvgIpc) is 2.55. The van der Waals surface area contributed by atoms with E-state index in [1.165, 1.54) is 16.7 Å². The lowest BCUT2D eigenvalue weighted by Crippen LogP contribution is -2.45. The van der Waals surface area contributed by atoms with Crippen LogP contribution in [-0.4, -0.2) is 37.7 Å². The minimum Gasteiger partial charge on any atom is -0.385 e. The molecule has 1 aliphatic rings. The number of nitrogens with zero attached hydrogens (tertiary/aromatic N) is 1. The summed E-state index contributed by atoms with van der Waals surface area (Å²) in [4.78, 5) is 14.4. The van der Waals surface area contributed by atoms with Gasteiger partial charge in [-0.2, -0.15) is 0 Å². The minimum absolute atomic E-state index is 0.0358. The second-order valence-electron chi connectivity index (χ2n) is 6.74. The SMILES string of the molecule is COCCC1CCN(C(=O)N[C@H](C)c2cc(C)ccc2C)CC1. The first-order chi connectivity index (χ1) is 11.0. The minimum atomic E-state index is 0.0358. The van der Waals surface area contributed by atoms with Gasteiger partial charge in [-0.05, 0) is 57.1 Å². The van der Waals surface area contributed by atoms with Crippen LogP contribution in [0.4, 0.5) is 4.79 Å². The van der Waals surface area contributed by atoms with Crippen molar-refractivity contribution in [3.8, 4) is 0 Å². The number of hydrogen-bond acceptors (Lipinski definition) is 2. The van der Waals surface area contributed by atoms with Gasteiger partial charge in [-0.1, -0.05) is 23.8 Å². The molecule has 23 heavy (non-hydrogen) atoms. The van der Waals surface area contributed by atoms with Gasteiger partial charge in [0.15, 0.2) is 0 Å². The summed E-state index contributed by atoms with van der Waals surface area (Å²) in [6.45, 7) is 8.76. The second kappa shape index (κ2) is 8.34. The van der Waals surface area contributed by atoms with Gasteiger partial charge in [0.1, 0.15) is 0 Å². The number of carbonyl (C=O) groups excluding carboxylic acids is 1. The Labute approximate surface area is 140 Å². The molecule has 1 atom stereocenters. The van der Waals surface area contributed by atoms with Crippen molar-refractivity contribution in [3.05, 3.63) is 34.9 Å². The highest BCUT2D eigenvalue weighted by molar-refractivity contribution is 5.74. The van der Waals surface area contributed by atoms with Gasteiger partial charge in [-0.3, -0.25) is 0 Å². The van der Waals surface area contributed by atoms with Crippen LogP contribution in [0.2, 0.25) is 0 Å². The number of nitrogens with one attached hydrogen (secondary N) is 1. The Morgan fingerprint density at radius 1 is 1.35 bits per heavy atom. The van der Waals surface area contributed by atoms with Crippen molar-refractivity contribution in [3.63, 3.8) is 0 Å². The molecular weight excluding hydrogens is 288 g/mol. The molecule has 4 nitrogen and oxygen atoms in total. The molecule has 0 saturated carbocycles. The van der Waals surface area contributed by atoms with Crippen LogP contribution >= 0.6 is 0 Å². The number of benzene rings is 1. The zero-order valence-corrected chi connectivity index (χ0v) is 14.9. The number of likely N-dealkylation sites (tertiary alicyclic amines) is 1. The summed E-state index contributed by atoms with van der Waals surface area (Å²) in [5.74, 6) is 0.690. The largest absolute Gasteiger partial charge is 0.385 e. The molecule has 1 fully saturated rings. The number of rotatable bonds is 5. The van der Waals surface area contributed by atoms with E-state index in [0.717, 1.165) is 39.0 Å². The molecule has 128 valence electrons. The van der Waals surface area contributed by atoms with Crippen molar-refractivity contribution in [1.82, 2.24) is 10.2 Å². The van der Waals surface area contributed by atoms with Gasteiger partial charge in [0, 0.05) is 26.8 Å². The maximum atomic E-state index is 12.5. The van der Waals surface area contributed by atoms with E-state index in [2.05, 4.69) is 44.3 Å². The molecule has 2 rings (SSSR count). The Balaban J connectivity index is 1.86. The van der Waals surface area contributed by atoms with E-state index in [1.54, 1.807) is 7.11 Å². The van der Waals surface area contributed by atoms with Crippen molar-refractivity contribution in [2.45, 2.75) is 46.1 Å². The third-order valence-corrected chi connectivity index (χ3v) is 4.87. The van der Waals surface area contributed by atoms with E-state index < -0.39 is 0 Å². The molecule has 1 saturated heterocycles. The highest BCUT2D eigenvalue weighted by Crippen LogP contribution is 2.22. The van der Waals surface area contributed by atoms with Gasteiger partial charge >= 0.3 is 6.03 Å². The van der Waals surface area contributed by atoms with E-state index in [4.69, 9.17) is 4.74 Å². The summed E-state index contributed by atoms with van der Waals surface area (Å²) >= 11 is 0. The summed E-state index contributed by atoms with van der Waals surface area (Å²) in [7, 11) is 1.75. The first kappa shape index (κ1) is 17.8. The molecule has 1 aromatic carbocycles. The van der Waals surface area contributed by atoms with E-state index in [-0.39, 0.29) is 12.1 Å². The molecule has 1 aromatic rings. The van der Waals surface area contributed by atoms with Crippen LogP contribution in [0.15, 0.2) is 18.2 Å². The maximum Gasteiger partial charge on any atom is 0.317 e. The predicted molar refractivity (Wildman–Crippen MR) is 93.7 cm³/mol. The van der Waals surface area contributed by atoms with E-state index >= 15 is 0 Å². The molecule has 0 spiro atoms. The topological polar surface area (TPSA) is 41.6 Å². The van der Waals surface area contributed by atoms with Crippen LogP contribution in [-0.2, 0) is 4.74 Å². The van der Waals surface area contributed by atoms with Gasteiger partial charge in [0.2, 0.25) is 0 Å². The van der Waals surface area contributed by atoms with E-state index in [9.17, 15) is 4.79 Å². The van der Waals surface area contributed by atoms with Gasteiger partial charge in [0.25, 0.3) is 0 Å². The highest BCUT2D eigenvalue weighted by atomic mass is 16.5. The zero-order valence-electron chi connectivity index (χ0n) is 14.9. The number of ether oxygens (including phenoxy) is 1. The summed E-state index contributed by atoms with van der Waals surface area (Å²) in [6.07, 6.45) is 3.26. The number of amides is 2. The molecule has 2 amide bonds. The van der Waals surface area contributed by atoms with E-state index in [0.29, 0.717) is 5.92 Å². The molecule has 0 aromatic heterocycles. The Morgan fingerprint density at radius 2 is 2.04 bits per heavy atom. The molecule has 4 heteroatoms. The molecule has 1 N–H and O–H groups in total. The lowest BCUT2D eigenvalue weighted by molar-refractivity contribution is 0.138. The molecule has 0 aliphatic carbocycles. The van der Waals surface area contributed by atoms with Crippen LogP contribution in [0.5, 0.6) is 0 Å². The quantitative estimate of drug-likeness (QED) is 0.896. The van der Waals surface area contributed by atoms with Crippen molar-refractivity contribution in [2.24, 2.45) is 5.92 Å². The third-order valence-electron chi connectivity index (χ3n) is 4.87. The van der Waals surface area contributed by atoms with Gasteiger partial charge in [-0.25, -0.2) is 4.79 Å². The van der Waals surface area contributed by atoms with Gasteiger partial charge < -0.3 is 15.0 Å². The number of methoxy groups -OCH3 is 1. The fraction of sp³-hybridized carbons (Fsp3) is 0.632. The fourth-order valence-electron chi connectivity index (χ4n) is 3.29. The lowest BCUT2D eigenvalue weighted by Gasteiger charge is -2.33. The predicted octanol–water partition coefficient (Wildman–Crippen LogP) is 3.82. The van der Waals surface area contributed by atoms with Crippen molar-refractivity contribution >= 4 is 6.03 Å². The molecule has 0 bridgehead atoms. The molecular formula is C19H30N2O2. The molecule has 0 radical (unpaired) electrons. The van der Waals surface area contributed by atoms with E-state index in [1.807, 2.05) is 4.90 Å². The van der Waals surface area contributed by atoms with Crippen molar-refractivity contribution < 1.29 is 9.53 Å². The summed E-state index contributed by atoms with van der Waals surface area (Å²) < 4.78 is 5.15. The Morgan fingerprint density at radius 3 is 2.70 bits per heavy atom. The molecule has 0 unspecified atom stereocenters. The Bertz CT molecular complexity index is 522. The van der Waals surface area contributed by atoms with Crippen molar-refractivity contribution in [1.29, 1.82) is 0 Å². The number of carbonyl (C=O) groups is 1. The highest BCUT2D eigenvalue weighted by Gasteiger charge is 2.23. The van der Waals surface area contributed by atoms with Gasteiger partial charge in [-0.15, -0.1) is 0 Å². The number of aryl methyl sites for hydroxylation is 2. The summed E-state index contributed by atoms with van der Waals surface area (Å²) in [5, 5.41) is 3.15. The van der Waals surface area contributed by atoms with Crippen molar-refractivity contribution in [2.75, 3.05) is 26.8 Å². The first-order valence-corrected chi connectivity index (χ1v) is 8.62. The van der Waals surface area contributed by atoms with Crippen LogP contribution in [0.1, 0.15) is 48.9 Å². The first-order valence-electron chi connectivity index (χ1n) is 8.62. The van der Waals surface area contributed by atoms with Crippen LogP contribution < -0.4 is 5.32 Å². The lowest BCUT2D eigenvalue weighted by atomic mass is 9.94. The van der Waals surface area contributed by atoms with Gasteiger partial charge in [0.05, 0.1) is 6.04 Å². The summed E-state index contributed by atoms with van der Waals surface area (Å²) in [5.41, 5.74) is 3.65. The fourth-order valence-corrected chi connectivity index (χ4v) is 3.29. The monoisotopic (exact) mass is 318 g/mol. The third kappa shape index (κ3) is 4.96. The maximum absolute atomic E-state index is 12.5. The molecule has 1 heterocycles. The standard InChI is InChI=1S/C19H30N2O2/c1-14-5-6-15(2)18(13-14)16(3)20-19(22)21-10-7-17(8-11-21)9-12-23-4/h5-6,13,16-17H,7-12H2,1-4H3,(H,20,22)/t16-/m1/s1. The average molecular weight is 318 g/mol. The zero-order chi connectivity index (χ0) is 16.8. The summed E-state index contributed by atoms with van der Waals surface area (Å²) in [6, 6.07) is 6.49.